The van der Waals surface area contributed by atoms with Gasteiger partial charge in [0.05, 0.1) is 11.2 Å². The molecule has 0 saturated heterocycles. The van der Waals surface area contributed by atoms with Crippen LogP contribution in [0.15, 0.2) is 33.6 Å². The van der Waals surface area contributed by atoms with Crippen LogP contribution in [-0.2, 0) is 0 Å². The first-order valence-corrected chi connectivity index (χ1v) is 5.04. The Morgan fingerprint density at radius 3 is 2.88 bits per heavy atom. The van der Waals surface area contributed by atoms with E-state index in [1.807, 2.05) is 12.1 Å². The Hall–Kier alpha value is -2.08. The fourth-order valence-electron chi connectivity index (χ4n) is 1.61. The van der Waals surface area contributed by atoms with Crippen molar-refractivity contribution in [1.29, 1.82) is 0 Å². The van der Waals surface area contributed by atoms with Gasteiger partial charge >= 0.3 is 5.76 Å². The minimum absolute atomic E-state index is 0.450. The third-order valence-corrected chi connectivity index (χ3v) is 2.55. The molecular weight excluding hydrogens is 226 g/mol. The summed E-state index contributed by atoms with van der Waals surface area (Å²) in [6.07, 6.45) is 1.78. The lowest BCUT2D eigenvalue weighted by atomic mass is 10.1. The molecule has 0 aliphatic heterocycles. The van der Waals surface area contributed by atoms with E-state index in [0.29, 0.717) is 15.9 Å². The molecule has 6 heteroatoms. The molecule has 0 fully saturated rings. The number of nitrogens with one attached hydrogen (secondary N) is 3. The highest BCUT2D eigenvalue weighted by Gasteiger charge is 2.04. The third kappa shape index (κ3) is 1.40. The predicted molar refractivity (Wildman–Crippen MR) is 61.8 cm³/mol. The first-order chi connectivity index (χ1) is 7.72. The Morgan fingerprint density at radius 2 is 2.12 bits per heavy atom. The van der Waals surface area contributed by atoms with E-state index in [1.54, 1.807) is 12.3 Å². The van der Waals surface area contributed by atoms with Gasteiger partial charge in [-0.2, -0.15) is 0 Å². The normalized spacial score (nSPS) is 11.0. The van der Waals surface area contributed by atoms with Gasteiger partial charge in [-0.3, -0.25) is 4.98 Å². The number of hydrogen-bond donors (Lipinski definition) is 3. The molecular formula is C10H7N3O2S. The van der Waals surface area contributed by atoms with E-state index < -0.39 is 5.76 Å². The highest BCUT2D eigenvalue weighted by atomic mass is 32.1. The zero-order chi connectivity index (χ0) is 11.1. The summed E-state index contributed by atoms with van der Waals surface area (Å²) in [5, 5.41) is 0. The van der Waals surface area contributed by atoms with Crippen molar-refractivity contribution >= 4 is 23.3 Å². The van der Waals surface area contributed by atoms with Gasteiger partial charge in [0.25, 0.3) is 0 Å². The monoisotopic (exact) mass is 233 g/mol. The molecule has 5 nitrogen and oxygen atoms in total. The molecule has 3 rings (SSSR count). The molecule has 0 unspecified atom stereocenters. The Bertz CT molecular complexity index is 762. The lowest BCUT2D eigenvalue weighted by Crippen LogP contribution is -1.92. The number of fused-ring (bicyclic) bond motifs is 1. The predicted octanol–water partition coefficient (Wildman–Crippen LogP) is 2.17. The van der Waals surface area contributed by atoms with Gasteiger partial charge in [0.1, 0.15) is 0 Å². The van der Waals surface area contributed by atoms with Crippen molar-refractivity contribution in [3.05, 3.63) is 39.7 Å². The first kappa shape index (κ1) is 9.17. The second-order valence-corrected chi connectivity index (χ2v) is 3.79. The van der Waals surface area contributed by atoms with E-state index in [1.165, 1.54) is 0 Å². The molecule has 16 heavy (non-hydrogen) atoms. The maximum atomic E-state index is 11.0. The second kappa shape index (κ2) is 3.21. The number of H-pyrrole nitrogens is 3. The SMILES string of the molecule is O=c1[nH]c2cc(-c3c[nH]c(=S)[nH]3)ccc2o1. The summed E-state index contributed by atoms with van der Waals surface area (Å²) < 4.78 is 5.48. The van der Waals surface area contributed by atoms with E-state index in [4.69, 9.17) is 16.6 Å². The van der Waals surface area contributed by atoms with Crippen LogP contribution in [0.4, 0.5) is 0 Å². The third-order valence-electron chi connectivity index (χ3n) is 2.33. The molecule has 3 N–H and O–H groups in total. The smallest absolute Gasteiger partial charge is 0.408 e. The largest absolute Gasteiger partial charge is 0.417 e. The van der Waals surface area contributed by atoms with E-state index >= 15 is 0 Å². The Morgan fingerprint density at radius 1 is 1.25 bits per heavy atom. The Balaban J connectivity index is 2.25. The van der Waals surface area contributed by atoms with Crippen LogP contribution in [0.3, 0.4) is 0 Å². The maximum absolute atomic E-state index is 11.0. The molecule has 0 aliphatic carbocycles. The van der Waals surface area contributed by atoms with Gasteiger partial charge in [0, 0.05) is 11.8 Å². The van der Waals surface area contributed by atoms with Gasteiger partial charge in [-0.1, -0.05) is 0 Å². The molecule has 80 valence electrons. The number of rotatable bonds is 1. The number of aromatic nitrogens is 3. The summed E-state index contributed by atoms with van der Waals surface area (Å²) in [5.41, 5.74) is 3.01. The number of hydrogen-bond acceptors (Lipinski definition) is 3. The fourth-order valence-corrected chi connectivity index (χ4v) is 1.78. The standard InChI is InChI=1S/C10H7N3O2S/c14-10-13-6-3-5(1-2-8(6)15-10)7-4-11-9(16)12-7/h1-4H,(H,13,14)(H2,11,12,16). The minimum atomic E-state index is -0.450. The van der Waals surface area contributed by atoms with E-state index in [9.17, 15) is 4.79 Å². The Labute approximate surface area is 94.1 Å². The molecule has 0 aliphatic rings. The maximum Gasteiger partial charge on any atom is 0.417 e. The lowest BCUT2D eigenvalue weighted by molar-refractivity contribution is 0.555. The van der Waals surface area contributed by atoms with Crippen LogP contribution in [0.25, 0.3) is 22.4 Å². The molecule has 0 amide bonds. The fraction of sp³-hybridized carbons (Fsp3) is 0. The summed E-state index contributed by atoms with van der Waals surface area (Å²) in [7, 11) is 0. The summed E-state index contributed by atoms with van der Waals surface area (Å²) in [4.78, 5) is 19.5. The first-order valence-electron chi connectivity index (χ1n) is 4.63. The molecule has 0 atom stereocenters. The minimum Gasteiger partial charge on any atom is -0.408 e. The molecule has 3 aromatic rings. The van der Waals surface area contributed by atoms with Gasteiger partial charge in [-0.25, -0.2) is 4.79 Å². The van der Waals surface area contributed by atoms with Crippen molar-refractivity contribution < 1.29 is 4.42 Å². The number of imidazole rings is 1. The van der Waals surface area contributed by atoms with Gasteiger partial charge in [0.15, 0.2) is 10.4 Å². The van der Waals surface area contributed by atoms with Crippen molar-refractivity contribution in [2.24, 2.45) is 0 Å². The Kier molecular flexibility index (Phi) is 1.84. The lowest BCUT2D eigenvalue weighted by Gasteiger charge is -1.95. The van der Waals surface area contributed by atoms with Gasteiger partial charge < -0.3 is 14.4 Å². The van der Waals surface area contributed by atoms with Crippen molar-refractivity contribution in [3.63, 3.8) is 0 Å². The molecule has 2 aromatic heterocycles. The van der Waals surface area contributed by atoms with Crippen molar-refractivity contribution in [1.82, 2.24) is 15.0 Å². The molecule has 0 bridgehead atoms. The summed E-state index contributed by atoms with van der Waals surface area (Å²) >= 11 is 4.95. The van der Waals surface area contributed by atoms with Crippen LogP contribution in [0, 0.1) is 4.77 Å². The molecule has 2 heterocycles. The van der Waals surface area contributed by atoms with Crippen LogP contribution in [0.2, 0.25) is 0 Å². The molecule has 1 aromatic carbocycles. The van der Waals surface area contributed by atoms with Crippen LogP contribution >= 0.6 is 12.2 Å². The zero-order valence-electron chi connectivity index (χ0n) is 8.03. The summed E-state index contributed by atoms with van der Waals surface area (Å²) in [6, 6.07) is 5.43. The number of benzene rings is 1. The van der Waals surface area contributed by atoms with Crippen LogP contribution in [0.5, 0.6) is 0 Å². The van der Waals surface area contributed by atoms with E-state index in [2.05, 4.69) is 15.0 Å². The average Bonchev–Trinajstić information content (AvgIpc) is 2.81. The molecule has 0 saturated carbocycles. The number of oxazole rings is 1. The van der Waals surface area contributed by atoms with Crippen molar-refractivity contribution in [2.75, 3.05) is 0 Å². The van der Waals surface area contributed by atoms with Crippen LogP contribution in [-0.4, -0.2) is 15.0 Å². The number of aromatic amines is 3. The average molecular weight is 233 g/mol. The summed E-state index contributed by atoms with van der Waals surface area (Å²) in [6.45, 7) is 0. The summed E-state index contributed by atoms with van der Waals surface area (Å²) in [5.74, 6) is -0.450. The quantitative estimate of drug-likeness (QED) is 0.564. The zero-order valence-corrected chi connectivity index (χ0v) is 8.85. The second-order valence-electron chi connectivity index (χ2n) is 3.38. The molecule has 0 spiro atoms. The van der Waals surface area contributed by atoms with Gasteiger partial charge in [0.2, 0.25) is 0 Å². The van der Waals surface area contributed by atoms with Crippen LogP contribution < -0.4 is 5.76 Å². The van der Waals surface area contributed by atoms with Gasteiger partial charge in [-0.15, -0.1) is 0 Å². The highest BCUT2D eigenvalue weighted by Crippen LogP contribution is 2.20. The van der Waals surface area contributed by atoms with E-state index in [-0.39, 0.29) is 0 Å². The van der Waals surface area contributed by atoms with Crippen LogP contribution in [0.1, 0.15) is 0 Å². The highest BCUT2D eigenvalue weighted by molar-refractivity contribution is 7.71. The van der Waals surface area contributed by atoms with Crippen molar-refractivity contribution in [3.8, 4) is 11.3 Å². The van der Waals surface area contributed by atoms with E-state index in [0.717, 1.165) is 11.3 Å². The topological polar surface area (TPSA) is 77.6 Å². The van der Waals surface area contributed by atoms with Gasteiger partial charge in [-0.05, 0) is 30.4 Å². The van der Waals surface area contributed by atoms with Crippen molar-refractivity contribution in [2.45, 2.75) is 0 Å². The molecule has 0 radical (unpaired) electrons.